The van der Waals surface area contributed by atoms with Crippen molar-refractivity contribution in [2.24, 2.45) is 0 Å². The van der Waals surface area contributed by atoms with Gasteiger partial charge in [0.25, 0.3) is 0 Å². The fourth-order valence-corrected chi connectivity index (χ4v) is 2.54. The molecule has 0 unspecified atom stereocenters. The molecule has 2 N–H and O–H groups in total. The van der Waals surface area contributed by atoms with Gasteiger partial charge in [-0.1, -0.05) is 24.3 Å². The van der Waals surface area contributed by atoms with Crippen molar-refractivity contribution in [1.82, 2.24) is 0 Å². The highest BCUT2D eigenvalue weighted by Crippen LogP contribution is 2.39. The van der Waals surface area contributed by atoms with Crippen molar-refractivity contribution in [1.29, 1.82) is 0 Å². The van der Waals surface area contributed by atoms with Crippen LogP contribution in [0, 0.1) is 0 Å². The summed E-state index contributed by atoms with van der Waals surface area (Å²) in [5.74, 6) is -2.21. The van der Waals surface area contributed by atoms with Crippen molar-refractivity contribution in [2.75, 3.05) is 0 Å². The quantitative estimate of drug-likeness (QED) is 0.737. The predicted molar refractivity (Wildman–Crippen MR) is 68.6 cm³/mol. The van der Waals surface area contributed by atoms with Gasteiger partial charge in [-0.15, -0.1) is 0 Å². The van der Waals surface area contributed by atoms with E-state index in [-0.39, 0.29) is 11.1 Å². The van der Waals surface area contributed by atoms with Crippen molar-refractivity contribution in [3.8, 4) is 11.1 Å². The van der Waals surface area contributed by atoms with Crippen LogP contribution in [0.3, 0.4) is 0 Å². The Morgan fingerprint density at radius 2 is 1.68 bits per heavy atom. The molecule has 0 spiro atoms. The van der Waals surface area contributed by atoms with Crippen LogP contribution in [-0.4, -0.2) is 22.2 Å². The molecule has 0 radical (unpaired) electrons. The monoisotopic (exact) mass is 254 g/mol. The van der Waals surface area contributed by atoms with Gasteiger partial charge in [-0.25, -0.2) is 9.59 Å². The van der Waals surface area contributed by atoms with Crippen molar-refractivity contribution >= 4 is 11.9 Å². The van der Waals surface area contributed by atoms with Crippen LogP contribution in [0.15, 0.2) is 36.4 Å². The summed E-state index contributed by atoms with van der Waals surface area (Å²) < 4.78 is 0. The number of carbonyl (C=O) groups is 2. The summed E-state index contributed by atoms with van der Waals surface area (Å²) >= 11 is 0. The Kier molecular flexibility index (Phi) is 2.38. The van der Waals surface area contributed by atoms with E-state index in [0.717, 1.165) is 11.1 Å². The van der Waals surface area contributed by atoms with E-state index < -0.39 is 11.9 Å². The summed E-state index contributed by atoms with van der Waals surface area (Å²) in [6.07, 6.45) is 0.535. The van der Waals surface area contributed by atoms with Gasteiger partial charge in [-0.3, -0.25) is 0 Å². The number of carboxylic acids is 2. The summed E-state index contributed by atoms with van der Waals surface area (Å²) in [4.78, 5) is 22.4. The van der Waals surface area contributed by atoms with Gasteiger partial charge in [0, 0.05) is 0 Å². The second kappa shape index (κ2) is 3.95. The molecule has 0 heterocycles. The fraction of sp³-hybridized carbons (Fsp3) is 0.0667. The minimum absolute atomic E-state index is 0.00727. The Morgan fingerprint density at radius 3 is 2.37 bits per heavy atom. The molecule has 4 nitrogen and oxygen atoms in total. The highest BCUT2D eigenvalue weighted by molar-refractivity contribution is 5.99. The lowest BCUT2D eigenvalue weighted by molar-refractivity contribution is 0.0695. The first-order valence-corrected chi connectivity index (χ1v) is 5.79. The molecule has 1 aliphatic carbocycles. The number of rotatable bonds is 2. The summed E-state index contributed by atoms with van der Waals surface area (Å²) in [5.41, 5.74) is 3.44. The minimum atomic E-state index is -1.12. The van der Waals surface area contributed by atoms with Gasteiger partial charge in [0.05, 0.1) is 11.1 Å². The zero-order valence-electron chi connectivity index (χ0n) is 9.88. The normalized spacial score (nSPS) is 11.8. The van der Waals surface area contributed by atoms with Crippen LogP contribution in [0.5, 0.6) is 0 Å². The standard InChI is InChI=1S/C15H10O4/c16-14(17)9-6-11-10-4-2-1-3-8(10)5-12(11)13(7-9)15(18)19/h1-4,6-7H,5H2,(H,16,17)(H,18,19). The lowest BCUT2D eigenvalue weighted by Crippen LogP contribution is -2.06. The van der Waals surface area contributed by atoms with E-state index in [1.165, 1.54) is 6.07 Å². The van der Waals surface area contributed by atoms with Crippen molar-refractivity contribution in [2.45, 2.75) is 6.42 Å². The molecule has 0 fully saturated rings. The number of fused-ring (bicyclic) bond motifs is 3. The summed E-state index contributed by atoms with van der Waals surface area (Å²) in [6, 6.07) is 10.4. The predicted octanol–water partition coefficient (Wildman–Crippen LogP) is 2.65. The van der Waals surface area contributed by atoms with Crippen molar-refractivity contribution in [3.63, 3.8) is 0 Å². The topological polar surface area (TPSA) is 74.6 Å². The van der Waals surface area contributed by atoms with Crippen molar-refractivity contribution in [3.05, 3.63) is 58.7 Å². The third-order valence-electron chi connectivity index (χ3n) is 3.40. The molecule has 0 amide bonds. The summed E-state index contributed by atoms with van der Waals surface area (Å²) in [5, 5.41) is 18.3. The molecule has 0 saturated carbocycles. The van der Waals surface area contributed by atoms with Crippen LogP contribution in [0.4, 0.5) is 0 Å². The van der Waals surface area contributed by atoms with E-state index in [4.69, 9.17) is 5.11 Å². The Morgan fingerprint density at radius 1 is 0.947 bits per heavy atom. The van der Waals surface area contributed by atoms with Crippen LogP contribution >= 0.6 is 0 Å². The Labute approximate surface area is 108 Å². The van der Waals surface area contributed by atoms with Gasteiger partial charge >= 0.3 is 11.9 Å². The van der Waals surface area contributed by atoms with Gasteiger partial charge in [-0.05, 0) is 40.8 Å². The van der Waals surface area contributed by atoms with Crippen molar-refractivity contribution < 1.29 is 19.8 Å². The van der Waals surface area contributed by atoms with Crippen LogP contribution in [-0.2, 0) is 6.42 Å². The molecule has 1 aliphatic rings. The van der Waals surface area contributed by atoms with E-state index in [2.05, 4.69) is 0 Å². The van der Waals surface area contributed by atoms with Gasteiger partial charge in [0.2, 0.25) is 0 Å². The largest absolute Gasteiger partial charge is 0.478 e. The average Bonchev–Trinajstić information content (AvgIpc) is 2.75. The van der Waals surface area contributed by atoms with Crippen LogP contribution in [0.25, 0.3) is 11.1 Å². The Bertz CT molecular complexity index is 716. The fourth-order valence-electron chi connectivity index (χ4n) is 2.54. The maximum absolute atomic E-state index is 11.3. The Balaban J connectivity index is 2.32. The molecule has 2 aromatic carbocycles. The molecular weight excluding hydrogens is 244 g/mol. The molecule has 4 heteroatoms. The molecule has 2 aromatic rings. The number of hydrogen-bond acceptors (Lipinski definition) is 2. The molecule has 19 heavy (non-hydrogen) atoms. The maximum atomic E-state index is 11.3. The minimum Gasteiger partial charge on any atom is -0.478 e. The molecule has 3 rings (SSSR count). The SMILES string of the molecule is O=C(O)c1cc(C(=O)O)c2c(c1)-c1ccccc1C2. The first-order chi connectivity index (χ1) is 9.08. The molecule has 0 bridgehead atoms. The third-order valence-corrected chi connectivity index (χ3v) is 3.40. The number of aromatic carboxylic acids is 2. The highest BCUT2D eigenvalue weighted by atomic mass is 16.4. The van der Waals surface area contributed by atoms with Gasteiger partial charge < -0.3 is 10.2 Å². The number of hydrogen-bond donors (Lipinski definition) is 2. The summed E-state index contributed by atoms with van der Waals surface area (Å²) in [6.45, 7) is 0. The first kappa shape index (κ1) is 11.5. The van der Waals surface area contributed by atoms with Gasteiger partial charge in [0.15, 0.2) is 0 Å². The third kappa shape index (κ3) is 1.69. The van der Waals surface area contributed by atoms with E-state index in [1.54, 1.807) is 6.07 Å². The Hall–Kier alpha value is -2.62. The van der Waals surface area contributed by atoms with E-state index in [1.807, 2.05) is 24.3 Å². The zero-order valence-corrected chi connectivity index (χ0v) is 9.88. The number of benzene rings is 2. The maximum Gasteiger partial charge on any atom is 0.336 e. The first-order valence-electron chi connectivity index (χ1n) is 5.79. The molecule has 0 aromatic heterocycles. The summed E-state index contributed by atoms with van der Waals surface area (Å²) in [7, 11) is 0. The van der Waals surface area contributed by atoms with Crippen LogP contribution in [0.2, 0.25) is 0 Å². The molecule has 94 valence electrons. The van der Waals surface area contributed by atoms with Gasteiger partial charge in [0.1, 0.15) is 0 Å². The van der Waals surface area contributed by atoms with Gasteiger partial charge in [-0.2, -0.15) is 0 Å². The van der Waals surface area contributed by atoms with E-state index >= 15 is 0 Å². The average molecular weight is 254 g/mol. The number of carboxylic acid groups (broad SMARTS) is 2. The van der Waals surface area contributed by atoms with E-state index in [9.17, 15) is 14.7 Å². The lowest BCUT2D eigenvalue weighted by Gasteiger charge is -2.06. The molecule has 0 saturated heterocycles. The smallest absolute Gasteiger partial charge is 0.336 e. The second-order valence-electron chi connectivity index (χ2n) is 4.49. The van der Waals surface area contributed by atoms with E-state index in [0.29, 0.717) is 17.5 Å². The zero-order chi connectivity index (χ0) is 13.6. The second-order valence-corrected chi connectivity index (χ2v) is 4.49. The molecule has 0 atom stereocenters. The van der Waals surface area contributed by atoms with Crippen LogP contribution in [0.1, 0.15) is 31.8 Å². The molecular formula is C15H10O4. The highest BCUT2D eigenvalue weighted by Gasteiger charge is 2.25. The molecule has 0 aliphatic heterocycles. The lowest BCUT2D eigenvalue weighted by atomic mass is 9.98. The van der Waals surface area contributed by atoms with Crippen LogP contribution < -0.4 is 0 Å².